The Morgan fingerprint density at radius 2 is 2.16 bits per heavy atom. The van der Waals surface area contributed by atoms with Crippen LogP contribution >= 0.6 is 0 Å². The van der Waals surface area contributed by atoms with E-state index in [9.17, 15) is 9.90 Å². The minimum atomic E-state index is -0.250. The van der Waals surface area contributed by atoms with Gasteiger partial charge in [0.1, 0.15) is 0 Å². The Balaban J connectivity index is 1.90. The third-order valence-corrected chi connectivity index (χ3v) is 5.87. The van der Waals surface area contributed by atoms with Gasteiger partial charge in [-0.2, -0.15) is 0 Å². The van der Waals surface area contributed by atoms with Gasteiger partial charge in [-0.3, -0.25) is 4.79 Å². The highest BCUT2D eigenvalue weighted by molar-refractivity contribution is 5.95. The number of carbonyl (C=O) groups excluding carboxylic acids is 1. The molecule has 2 heterocycles. The molecule has 1 amide bonds. The van der Waals surface area contributed by atoms with Crippen molar-refractivity contribution < 1.29 is 19.4 Å². The van der Waals surface area contributed by atoms with Gasteiger partial charge in [0.15, 0.2) is 11.5 Å². The van der Waals surface area contributed by atoms with Crippen LogP contribution in [0.15, 0.2) is 34.5 Å². The SMILES string of the molecule is CNc1cc2c(cc1/C(=C/CN1C[C@@H](C)C(C)=C(CO)C1=O)CCCN=[N+]=[N-])OCO2. The number of hydrogen-bond acceptors (Lipinski definition) is 6. The highest BCUT2D eigenvalue weighted by atomic mass is 16.7. The lowest BCUT2D eigenvalue weighted by atomic mass is 9.91. The Bertz CT molecular complexity index is 949. The summed E-state index contributed by atoms with van der Waals surface area (Å²) >= 11 is 0. The molecule has 0 saturated carbocycles. The van der Waals surface area contributed by atoms with Crippen molar-refractivity contribution in [2.45, 2.75) is 26.7 Å². The summed E-state index contributed by atoms with van der Waals surface area (Å²) < 4.78 is 11.0. The van der Waals surface area contributed by atoms with Crippen LogP contribution in [0.3, 0.4) is 0 Å². The number of aliphatic hydroxyl groups is 1. The average molecular weight is 428 g/mol. The van der Waals surface area contributed by atoms with Crippen molar-refractivity contribution in [3.05, 3.63) is 45.4 Å². The lowest BCUT2D eigenvalue weighted by Gasteiger charge is -2.32. The Labute approximate surface area is 182 Å². The summed E-state index contributed by atoms with van der Waals surface area (Å²) in [4.78, 5) is 17.4. The molecule has 3 rings (SSSR count). The summed E-state index contributed by atoms with van der Waals surface area (Å²) in [6.45, 7) is 5.34. The van der Waals surface area contributed by atoms with Crippen LogP contribution in [0.5, 0.6) is 11.5 Å². The monoisotopic (exact) mass is 427 g/mol. The normalized spacial score (nSPS) is 18.3. The number of carbonyl (C=O) groups is 1. The number of aliphatic hydroxyl groups excluding tert-OH is 1. The summed E-state index contributed by atoms with van der Waals surface area (Å²) in [5.74, 6) is 1.44. The maximum atomic E-state index is 12.8. The summed E-state index contributed by atoms with van der Waals surface area (Å²) in [6.07, 6.45) is 3.39. The molecule has 2 N–H and O–H groups in total. The Morgan fingerprint density at radius 3 is 2.84 bits per heavy atom. The third kappa shape index (κ3) is 4.95. The molecule has 9 heteroatoms. The van der Waals surface area contributed by atoms with E-state index in [4.69, 9.17) is 15.0 Å². The van der Waals surface area contributed by atoms with Gasteiger partial charge in [-0.1, -0.05) is 23.7 Å². The smallest absolute Gasteiger partial charge is 0.252 e. The Morgan fingerprint density at radius 1 is 1.42 bits per heavy atom. The maximum absolute atomic E-state index is 12.8. The highest BCUT2D eigenvalue weighted by Gasteiger charge is 2.28. The second-order valence-electron chi connectivity index (χ2n) is 7.72. The molecule has 1 aromatic carbocycles. The van der Waals surface area contributed by atoms with E-state index in [-0.39, 0.29) is 25.2 Å². The number of allylic oxidation sites excluding steroid dienone is 1. The van der Waals surface area contributed by atoms with E-state index in [1.807, 2.05) is 32.2 Å². The molecule has 9 nitrogen and oxygen atoms in total. The van der Waals surface area contributed by atoms with Gasteiger partial charge in [-0.15, -0.1) is 0 Å². The highest BCUT2D eigenvalue weighted by Crippen LogP contribution is 2.40. The molecule has 1 atom stereocenters. The number of anilines is 1. The van der Waals surface area contributed by atoms with Crippen molar-refractivity contribution in [1.82, 2.24) is 4.90 Å². The van der Waals surface area contributed by atoms with E-state index in [2.05, 4.69) is 22.3 Å². The first-order chi connectivity index (χ1) is 15.0. The van der Waals surface area contributed by atoms with Crippen LogP contribution in [0, 0.1) is 5.92 Å². The number of amides is 1. The molecular weight excluding hydrogens is 398 g/mol. The molecule has 0 unspecified atom stereocenters. The number of ether oxygens (including phenoxy) is 2. The first-order valence-corrected chi connectivity index (χ1v) is 10.4. The fraction of sp³-hybridized carbons (Fsp3) is 0.500. The molecule has 0 aromatic heterocycles. The third-order valence-electron chi connectivity index (χ3n) is 5.87. The second kappa shape index (κ2) is 10.2. The quantitative estimate of drug-likeness (QED) is 0.269. The molecule has 166 valence electrons. The fourth-order valence-corrected chi connectivity index (χ4v) is 3.92. The molecule has 2 aliphatic rings. The summed E-state index contributed by atoms with van der Waals surface area (Å²) in [6, 6.07) is 3.85. The van der Waals surface area contributed by atoms with Crippen molar-refractivity contribution in [2.24, 2.45) is 11.0 Å². The van der Waals surface area contributed by atoms with Gasteiger partial charge >= 0.3 is 0 Å². The van der Waals surface area contributed by atoms with Crippen LogP contribution < -0.4 is 14.8 Å². The molecule has 0 saturated heterocycles. The molecular formula is C22H29N5O4. The number of hydrogen-bond donors (Lipinski definition) is 2. The van der Waals surface area contributed by atoms with E-state index in [0.29, 0.717) is 49.5 Å². The lowest BCUT2D eigenvalue weighted by molar-refractivity contribution is -0.128. The number of benzene rings is 1. The molecule has 1 aromatic rings. The average Bonchev–Trinajstić information content (AvgIpc) is 3.23. The Hall–Kier alpha value is -3.16. The van der Waals surface area contributed by atoms with Crippen molar-refractivity contribution >= 4 is 17.2 Å². The topological polar surface area (TPSA) is 120 Å². The van der Waals surface area contributed by atoms with Gasteiger partial charge < -0.3 is 24.8 Å². The first kappa shape index (κ1) is 22.5. The second-order valence-corrected chi connectivity index (χ2v) is 7.72. The van der Waals surface area contributed by atoms with Crippen molar-refractivity contribution in [2.75, 3.05) is 45.4 Å². The maximum Gasteiger partial charge on any atom is 0.252 e. The van der Waals surface area contributed by atoms with Gasteiger partial charge in [-0.25, -0.2) is 0 Å². The van der Waals surface area contributed by atoms with Crippen molar-refractivity contribution in [3.63, 3.8) is 0 Å². The van der Waals surface area contributed by atoms with Gasteiger partial charge in [-0.05, 0) is 42.9 Å². The van der Waals surface area contributed by atoms with Crippen LogP contribution in [-0.2, 0) is 4.79 Å². The Kier molecular flexibility index (Phi) is 7.44. The fourth-order valence-electron chi connectivity index (χ4n) is 3.92. The molecule has 0 aliphatic carbocycles. The number of azide groups is 1. The van der Waals surface area contributed by atoms with E-state index in [0.717, 1.165) is 22.4 Å². The largest absolute Gasteiger partial charge is 0.454 e. The van der Waals surface area contributed by atoms with Crippen LogP contribution in [0.4, 0.5) is 5.69 Å². The van der Waals surface area contributed by atoms with Crippen LogP contribution in [0.1, 0.15) is 32.3 Å². The minimum Gasteiger partial charge on any atom is -0.454 e. The molecule has 2 aliphatic heterocycles. The molecule has 0 bridgehead atoms. The van der Waals surface area contributed by atoms with E-state index in [1.54, 1.807) is 4.90 Å². The van der Waals surface area contributed by atoms with Crippen LogP contribution in [-0.4, -0.2) is 56.0 Å². The zero-order valence-corrected chi connectivity index (χ0v) is 18.2. The number of fused-ring (bicyclic) bond motifs is 1. The van der Waals surface area contributed by atoms with Crippen LogP contribution in [0.2, 0.25) is 0 Å². The summed E-state index contributed by atoms with van der Waals surface area (Å²) in [7, 11) is 1.84. The number of nitrogens with zero attached hydrogens (tertiary/aromatic N) is 4. The number of nitrogens with one attached hydrogen (secondary N) is 1. The van der Waals surface area contributed by atoms with Crippen LogP contribution in [0.25, 0.3) is 16.0 Å². The molecule has 0 radical (unpaired) electrons. The van der Waals surface area contributed by atoms with E-state index in [1.165, 1.54) is 0 Å². The van der Waals surface area contributed by atoms with Crippen molar-refractivity contribution in [1.29, 1.82) is 0 Å². The lowest BCUT2D eigenvalue weighted by Crippen LogP contribution is -2.41. The zero-order valence-electron chi connectivity index (χ0n) is 18.2. The predicted molar refractivity (Wildman–Crippen MR) is 119 cm³/mol. The summed E-state index contributed by atoms with van der Waals surface area (Å²) in [5.41, 5.74) is 12.9. The summed E-state index contributed by atoms with van der Waals surface area (Å²) in [5, 5.41) is 16.5. The number of rotatable bonds is 9. The molecule has 31 heavy (non-hydrogen) atoms. The molecule has 0 spiro atoms. The first-order valence-electron chi connectivity index (χ1n) is 10.4. The molecule has 0 fully saturated rings. The standard InChI is InChI=1S/C22H29N5O4/c1-14-11-27(22(29)18(12-28)15(14)2)8-6-16(5-4-7-25-26-23)17-9-20-21(31-13-30-20)10-19(17)24-3/h6,9-10,14,24,28H,4-5,7-8,11-13H2,1-3H3/b16-6+/t14-/m1/s1. The minimum absolute atomic E-state index is 0.123. The zero-order chi connectivity index (χ0) is 22.4. The van der Waals surface area contributed by atoms with E-state index >= 15 is 0 Å². The van der Waals surface area contributed by atoms with Gasteiger partial charge in [0.25, 0.3) is 5.91 Å². The van der Waals surface area contributed by atoms with E-state index < -0.39 is 0 Å². The predicted octanol–water partition coefficient (Wildman–Crippen LogP) is 3.72. The van der Waals surface area contributed by atoms with Gasteiger partial charge in [0, 0.05) is 54.5 Å². The van der Waals surface area contributed by atoms with Crippen molar-refractivity contribution in [3.8, 4) is 11.5 Å². The van der Waals surface area contributed by atoms with Gasteiger partial charge in [0.05, 0.1) is 6.61 Å². The van der Waals surface area contributed by atoms with Gasteiger partial charge in [0.2, 0.25) is 6.79 Å².